The van der Waals surface area contributed by atoms with Crippen molar-refractivity contribution in [2.45, 2.75) is 38.2 Å². The number of hydrogen-bond acceptors (Lipinski definition) is 5. The molecule has 1 saturated carbocycles. The fourth-order valence-corrected chi connectivity index (χ4v) is 4.66. The van der Waals surface area contributed by atoms with Crippen molar-refractivity contribution in [2.24, 2.45) is 5.92 Å². The molecule has 1 N–H and O–H groups in total. The largest absolute Gasteiger partial charge is 0.451 e. The van der Waals surface area contributed by atoms with E-state index in [1.54, 1.807) is 0 Å². The number of fused-ring (bicyclic) bond motifs is 2. The molecule has 3 aliphatic rings. The van der Waals surface area contributed by atoms with Crippen molar-refractivity contribution in [2.75, 3.05) is 39.4 Å². The highest BCUT2D eigenvalue weighted by molar-refractivity contribution is 5.94. The quantitative estimate of drug-likeness (QED) is 0.820. The van der Waals surface area contributed by atoms with Gasteiger partial charge >= 0.3 is 5.97 Å². The molecule has 27 heavy (non-hydrogen) atoms. The third-order valence-electron chi connectivity index (χ3n) is 6.48. The first-order valence-corrected chi connectivity index (χ1v) is 10.2. The van der Waals surface area contributed by atoms with E-state index in [0.717, 1.165) is 64.0 Å². The number of rotatable bonds is 4. The summed E-state index contributed by atoms with van der Waals surface area (Å²) >= 11 is 0. The highest BCUT2D eigenvalue weighted by Gasteiger charge is 2.48. The van der Waals surface area contributed by atoms with Gasteiger partial charge < -0.3 is 15.0 Å². The molecule has 0 radical (unpaired) electrons. The Balaban J connectivity index is 1.29. The Morgan fingerprint density at radius 1 is 1.15 bits per heavy atom. The van der Waals surface area contributed by atoms with Crippen molar-refractivity contribution in [3.8, 4) is 0 Å². The van der Waals surface area contributed by atoms with Gasteiger partial charge in [0, 0.05) is 37.7 Å². The van der Waals surface area contributed by atoms with Crippen molar-refractivity contribution >= 4 is 11.9 Å². The number of amides is 1. The molecule has 1 amide bonds. The van der Waals surface area contributed by atoms with Gasteiger partial charge in [0.05, 0.1) is 12.2 Å². The molecule has 1 spiro atoms. The Hall–Kier alpha value is -1.92. The van der Waals surface area contributed by atoms with Crippen LogP contribution in [0.1, 0.15) is 48.5 Å². The molecule has 0 aromatic heterocycles. The molecule has 2 fully saturated rings. The normalized spacial score (nSPS) is 28.8. The summed E-state index contributed by atoms with van der Waals surface area (Å²) in [6.45, 7) is 8.08. The van der Waals surface area contributed by atoms with Gasteiger partial charge in [0.25, 0.3) is 0 Å². The molecular weight excluding hydrogens is 342 g/mol. The minimum Gasteiger partial charge on any atom is -0.451 e. The zero-order valence-corrected chi connectivity index (χ0v) is 16.1. The van der Waals surface area contributed by atoms with Crippen molar-refractivity contribution < 1.29 is 14.3 Å². The molecule has 146 valence electrons. The van der Waals surface area contributed by atoms with Gasteiger partial charge in [-0.05, 0) is 38.3 Å². The Kier molecular flexibility index (Phi) is 5.19. The van der Waals surface area contributed by atoms with E-state index in [2.05, 4.69) is 22.0 Å². The van der Waals surface area contributed by atoms with Crippen LogP contribution >= 0.6 is 0 Å². The second-order valence-corrected chi connectivity index (χ2v) is 7.96. The molecule has 1 saturated heterocycles. The van der Waals surface area contributed by atoms with Crippen LogP contribution in [0.15, 0.2) is 24.3 Å². The number of piperazine rings is 1. The maximum Gasteiger partial charge on any atom is 0.339 e. The first kappa shape index (κ1) is 18.4. The fourth-order valence-electron chi connectivity index (χ4n) is 4.66. The standard InChI is InChI=1S/C21H29N3O3/c1-2-23-11-13-24(14-12-23)15-22-19(25)16-7-9-21(10-8-16)18-6-4-3-5-17(18)20(26)27-21/h3-6,16H,2,7-15H2,1H3,(H,22,25)/t16-,21-. The van der Waals surface area contributed by atoms with Crippen LogP contribution in [0.3, 0.4) is 0 Å². The molecule has 0 bridgehead atoms. The smallest absolute Gasteiger partial charge is 0.339 e. The highest BCUT2D eigenvalue weighted by atomic mass is 16.6. The van der Waals surface area contributed by atoms with E-state index in [0.29, 0.717) is 12.2 Å². The zero-order chi connectivity index (χ0) is 18.9. The van der Waals surface area contributed by atoms with E-state index in [4.69, 9.17) is 4.74 Å². The summed E-state index contributed by atoms with van der Waals surface area (Å²) in [5.41, 5.74) is 1.18. The van der Waals surface area contributed by atoms with Crippen molar-refractivity contribution in [3.05, 3.63) is 35.4 Å². The molecule has 6 nitrogen and oxygen atoms in total. The van der Waals surface area contributed by atoms with Crippen LogP contribution in [0, 0.1) is 5.92 Å². The fraction of sp³-hybridized carbons (Fsp3) is 0.619. The topological polar surface area (TPSA) is 61.9 Å². The van der Waals surface area contributed by atoms with Crippen LogP contribution in [0.25, 0.3) is 0 Å². The summed E-state index contributed by atoms with van der Waals surface area (Å²) < 4.78 is 5.78. The van der Waals surface area contributed by atoms with Crippen LogP contribution < -0.4 is 5.32 Å². The Morgan fingerprint density at radius 2 is 1.81 bits per heavy atom. The first-order chi connectivity index (χ1) is 13.1. The molecule has 1 aromatic rings. The summed E-state index contributed by atoms with van der Waals surface area (Å²) in [7, 11) is 0. The number of likely N-dealkylation sites (N-methyl/N-ethyl adjacent to an activating group) is 1. The number of ether oxygens (including phenoxy) is 1. The summed E-state index contributed by atoms with van der Waals surface area (Å²) in [5, 5.41) is 3.12. The number of benzene rings is 1. The Labute approximate surface area is 160 Å². The van der Waals surface area contributed by atoms with Gasteiger partial charge in [-0.1, -0.05) is 25.1 Å². The second kappa shape index (κ2) is 7.60. The first-order valence-electron chi connectivity index (χ1n) is 10.2. The Morgan fingerprint density at radius 3 is 2.52 bits per heavy atom. The third kappa shape index (κ3) is 3.60. The van der Waals surface area contributed by atoms with Crippen molar-refractivity contribution in [1.82, 2.24) is 15.1 Å². The molecule has 2 heterocycles. The molecule has 2 aliphatic heterocycles. The minimum atomic E-state index is -0.513. The molecular formula is C21H29N3O3. The summed E-state index contributed by atoms with van der Waals surface area (Å²) in [4.78, 5) is 29.5. The lowest BCUT2D eigenvalue weighted by atomic mass is 9.75. The monoisotopic (exact) mass is 371 g/mol. The minimum absolute atomic E-state index is 0.0130. The molecule has 6 heteroatoms. The number of hydrogen-bond donors (Lipinski definition) is 1. The molecule has 4 rings (SSSR count). The van der Waals surface area contributed by atoms with Gasteiger partial charge in [-0.3, -0.25) is 9.69 Å². The SMILES string of the molecule is CCN1CCN(CNC(=O)[C@H]2CC[C@@]3(CC2)OC(=O)c2ccccc23)CC1. The molecule has 1 aliphatic carbocycles. The van der Waals surface area contributed by atoms with Gasteiger partial charge in [-0.15, -0.1) is 0 Å². The number of nitrogens with zero attached hydrogens (tertiary/aromatic N) is 2. The average molecular weight is 371 g/mol. The summed E-state index contributed by atoms with van der Waals surface area (Å²) in [6, 6.07) is 7.66. The van der Waals surface area contributed by atoms with Gasteiger partial charge in [-0.25, -0.2) is 4.79 Å². The van der Waals surface area contributed by atoms with Crippen LogP contribution in [0.4, 0.5) is 0 Å². The predicted octanol–water partition coefficient (Wildman–Crippen LogP) is 1.95. The van der Waals surface area contributed by atoms with Crippen molar-refractivity contribution in [1.29, 1.82) is 0 Å². The van der Waals surface area contributed by atoms with Gasteiger partial charge in [0.1, 0.15) is 5.60 Å². The summed E-state index contributed by atoms with van der Waals surface area (Å²) in [5.74, 6) is -0.0703. The number of carbonyl (C=O) groups excluding carboxylic acids is 2. The molecule has 1 aromatic carbocycles. The maximum absolute atomic E-state index is 12.6. The lowest BCUT2D eigenvalue weighted by Crippen LogP contribution is -2.50. The van der Waals surface area contributed by atoms with E-state index in [9.17, 15) is 9.59 Å². The zero-order valence-electron chi connectivity index (χ0n) is 16.1. The van der Waals surface area contributed by atoms with Gasteiger partial charge in [0.2, 0.25) is 5.91 Å². The molecule has 0 unspecified atom stereocenters. The van der Waals surface area contributed by atoms with E-state index in [1.165, 1.54) is 0 Å². The maximum atomic E-state index is 12.6. The average Bonchev–Trinajstić information content (AvgIpc) is 2.99. The van der Waals surface area contributed by atoms with E-state index < -0.39 is 5.60 Å². The van der Waals surface area contributed by atoms with E-state index in [1.807, 2.05) is 24.3 Å². The van der Waals surface area contributed by atoms with Crippen LogP contribution in [0.5, 0.6) is 0 Å². The van der Waals surface area contributed by atoms with Crippen LogP contribution in [-0.2, 0) is 15.1 Å². The van der Waals surface area contributed by atoms with Crippen LogP contribution in [-0.4, -0.2) is 61.1 Å². The lowest BCUT2D eigenvalue weighted by Gasteiger charge is -2.37. The Bertz CT molecular complexity index is 704. The lowest BCUT2D eigenvalue weighted by molar-refractivity contribution is -0.128. The highest BCUT2D eigenvalue weighted by Crippen LogP contribution is 2.47. The second-order valence-electron chi connectivity index (χ2n) is 7.96. The third-order valence-corrected chi connectivity index (χ3v) is 6.48. The molecule has 0 atom stereocenters. The van der Waals surface area contributed by atoms with Gasteiger partial charge in [0.15, 0.2) is 0 Å². The van der Waals surface area contributed by atoms with Crippen LogP contribution in [0.2, 0.25) is 0 Å². The number of esters is 1. The van der Waals surface area contributed by atoms with E-state index >= 15 is 0 Å². The number of carbonyl (C=O) groups is 2. The van der Waals surface area contributed by atoms with Crippen molar-refractivity contribution in [3.63, 3.8) is 0 Å². The van der Waals surface area contributed by atoms with Gasteiger partial charge in [-0.2, -0.15) is 0 Å². The predicted molar refractivity (Wildman–Crippen MR) is 102 cm³/mol. The van der Waals surface area contributed by atoms with E-state index in [-0.39, 0.29) is 17.8 Å². The summed E-state index contributed by atoms with van der Waals surface area (Å²) in [6.07, 6.45) is 2.97. The number of nitrogens with one attached hydrogen (secondary N) is 1.